The Bertz CT molecular complexity index is 581. The van der Waals surface area contributed by atoms with Gasteiger partial charge >= 0.3 is 10.2 Å². The van der Waals surface area contributed by atoms with E-state index in [2.05, 4.69) is 13.8 Å². The molecule has 1 N–H and O–H groups in total. The van der Waals surface area contributed by atoms with Gasteiger partial charge in [0, 0.05) is 13.1 Å². The van der Waals surface area contributed by atoms with E-state index < -0.39 is 10.2 Å². The Balaban J connectivity index is 2.34. The highest BCUT2D eigenvalue weighted by Crippen LogP contribution is 2.26. The third kappa shape index (κ3) is 3.80. The van der Waals surface area contributed by atoms with Gasteiger partial charge in [0.15, 0.2) is 0 Å². The molecule has 22 heavy (non-hydrogen) atoms. The molecule has 0 atom stereocenters. The van der Waals surface area contributed by atoms with E-state index in [9.17, 15) is 13.5 Å². The third-order valence-electron chi connectivity index (χ3n) is 4.05. The summed E-state index contributed by atoms with van der Waals surface area (Å²) in [5.74, 6) is 0.327. The Labute approximate surface area is 133 Å². The zero-order valence-electron chi connectivity index (χ0n) is 13.4. The summed E-state index contributed by atoms with van der Waals surface area (Å²) in [6, 6.07) is 7.57. The number of hydrogen-bond acceptors (Lipinski definition) is 3. The highest BCUT2D eigenvalue weighted by molar-refractivity contribution is 7.90. The van der Waals surface area contributed by atoms with E-state index >= 15 is 0 Å². The second-order valence-corrected chi connectivity index (χ2v) is 7.87. The minimum atomic E-state index is -3.58. The minimum Gasteiger partial charge on any atom is -0.394 e. The van der Waals surface area contributed by atoms with Crippen LogP contribution in [0.5, 0.6) is 0 Å². The Morgan fingerprint density at radius 3 is 2.50 bits per heavy atom. The van der Waals surface area contributed by atoms with Gasteiger partial charge in [-0.25, -0.2) is 0 Å². The van der Waals surface area contributed by atoms with Gasteiger partial charge in [-0.2, -0.15) is 12.7 Å². The van der Waals surface area contributed by atoms with Crippen molar-refractivity contribution in [1.29, 1.82) is 0 Å². The standard InChI is InChI=1S/C16H26N2O3S/c1-14(2)15-7-6-8-16(13-15)18(11-12-19)22(20,21)17-9-4-3-5-10-17/h6-8,13-14,19H,3-5,9-12H2,1-2H3. The molecule has 0 saturated carbocycles. The van der Waals surface area contributed by atoms with Crippen LogP contribution >= 0.6 is 0 Å². The lowest BCUT2D eigenvalue weighted by atomic mass is 10.0. The lowest BCUT2D eigenvalue weighted by molar-refractivity contribution is 0.302. The molecule has 0 aliphatic carbocycles. The van der Waals surface area contributed by atoms with Crippen molar-refractivity contribution in [2.24, 2.45) is 0 Å². The molecule has 124 valence electrons. The van der Waals surface area contributed by atoms with E-state index in [-0.39, 0.29) is 13.2 Å². The normalized spacial score (nSPS) is 16.9. The SMILES string of the molecule is CC(C)c1cccc(N(CCO)S(=O)(=O)N2CCCCC2)c1. The smallest absolute Gasteiger partial charge is 0.304 e. The molecule has 5 nitrogen and oxygen atoms in total. The van der Waals surface area contributed by atoms with Gasteiger partial charge in [0.2, 0.25) is 0 Å². The summed E-state index contributed by atoms with van der Waals surface area (Å²) in [4.78, 5) is 0. The van der Waals surface area contributed by atoms with Gasteiger partial charge < -0.3 is 5.11 Å². The molecule has 1 saturated heterocycles. The van der Waals surface area contributed by atoms with Crippen molar-refractivity contribution in [1.82, 2.24) is 4.31 Å². The van der Waals surface area contributed by atoms with E-state index in [0.29, 0.717) is 24.7 Å². The molecule has 1 heterocycles. The first-order valence-electron chi connectivity index (χ1n) is 7.95. The summed E-state index contributed by atoms with van der Waals surface area (Å²) in [7, 11) is -3.58. The van der Waals surface area contributed by atoms with Crippen LogP contribution in [0.1, 0.15) is 44.6 Å². The zero-order valence-corrected chi connectivity index (χ0v) is 14.2. The van der Waals surface area contributed by atoms with Crippen LogP contribution < -0.4 is 4.31 Å². The first-order valence-corrected chi connectivity index (χ1v) is 9.35. The quantitative estimate of drug-likeness (QED) is 0.873. The van der Waals surface area contributed by atoms with Gasteiger partial charge in [0.25, 0.3) is 0 Å². The Hall–Kier alpha value is -1.11. The number of piperidine rings is 1. The monoisotopic (exact) mass is 326 g/mol. The van der Waals surface area contributed by atoms with E-state index in [1.54, 1.807) is 6.07 Å². The van der Waals surface area contributed by atoms with Crippen LogP contribution in [0.2, 0.25) is 0 Å². The molecular weight excluding hydrogens is 300 g/mol. The van der Waals surface area contributed by atoms with Gasteiger partial charge in [-0.3, -0.25) is 4.31 Å². The summed E-state index contributed by atoms with van der Waals surface area (Å²) in [6.07, 6.45) is 2.88. The van der Waals surface area contributed by atoms with Crippen LogP contribution in [0.3, 0.4) is 0 Å². The number of rotatable bonds is 6. The molecule has 0 bridgehead atoms. The second kappa shape index (κ2) is 7.44. The molecule has 0 spiro atoms. The van der Waals surface area contributed by atoms with Gasteiger partial charge in [-0.05, 0) is 36.5 Å². The highest BCUT2D eigenvalue weighted by Gasteiger charge is 2.30. The average molecular weight is 326 g/mol. The lowest BCUT2D eigenvalue weighted by Gasteiger charge is -2.33. The number of aliphatic hydroxyl groups is 1. The predicted octanol–water partition coefficient (Wildman–Crippen LogP) is 2.34. The van der Waals surface area contributed by atoms with Crippen molar-refractivity contribution in [3.63, 3.8) is 0 Å². The fraction of sp³-hybridized carbons (Fsp3) is 0.625. The topological polar surface area (TPSA) is 60.9 Å². The van der Waals surface area contributed by atoms with Crippen LogP contribution in [0.4, 0.5) is 5.69 Å². The van der Waals surface area contributed by atoms with Gasteiger partial charge in [-0.15, -0.1) is 0 Å². The Morgan fingerprint density at radius 2 is 1.91 bits per heavy atom. The molecule has 0 aromatic heterocycles. The second-order valence-electron chi connectivity index (χ2n) is 6.01. The van der Waals surface area contributed by atoms with E-state index in [0.717, 1.165) is 24.8 Å². The number of aliphatic hydroxyl groups excluding tert-OH is 1. The lowest BCUT2D eigenvalue weighted by Crippen LogP contribution is -2.47. The maximum absolute atomic E-state index is 12.9. The number of anilines is 1. The Morgan fingerprint density at radius 1 is 1.23 bits per heavy atom. The molecule has 0 radical (unpaired) electrons. The molecule has 2 rings (SSSR count). The molecule has 1 aromatic carbocycles. The van der Waals surface area contributed by atoms with Crippen LogP contribution in [0.25, 0.3) is 0 Å². The maximum atomic E-state index is 12.9. The number of hydrogen-bond donors (Lipinski definition) is 1. The molecule has 6 heteroatoms. The molecule has 0 amide bonds. The van der Waals surface area contributed by atoms with Crippen molar-refractivity contribution in [3.05, 3.63) is 29.8 Å². The van der Waals surface area contributed by atoms with Gasteiger partial charge in [0.05, 0.1) is 18.8 Å². The number of benzene rings is 1. The summed E-state index contributed by atoms with van der Waals surface area (Å²) in [5.41, 5.74) is 1.72. The van der Waals surface area contributed by atoms with Crippen molar-refractivity contribution < 1.29 is 13.5 Å². The fourth-order valence-electron chi connectivity index (χ4n) is 2.74. The molecule has 1 aliphatic heterocycles. The van der Waals surface area contributed by atoms with Crippen molar-refractivity contribution in [3.8, 4) is 0 Å². The molecule has 1 aromatic rings. The van der Waals surface area contributed by atoms with Crippen LogP contribution in [-0.4, -0.2) is 44.1 Å². The number of nitrogens with zero attached hydrogens (tertiary/aromatic N) is 2. The van der Waals surface area contributed by atoms with Gasteiger partial charge in [-0.1, -0.05) is 32.4 Å². The van der Waals surface area contributed by atoms with E-state index in [1.165, 1.54) is 8.61 Å². The van der Waals surface area contributed by atoms with Crippen LogP contribution in [0, 0.1) is 0 Å². The largest absolute Gasteiger partial charge is 0.394 e. The first-order chi connectivity index (χ1) is 10.5. The summed E-state index contributed by atoms with van der Waals surface area (Å²) >= 11 is 0. The summed E-state index contributed by atoms with van der Waals surface area (Å²) in [6.45, 7) is 5.17. The third-order valence-corrected chi connectivity index (χ3v) is 6.02. The predicted molar refractivity (Wildman–Crippen MR) is 89.3 cm³/mol. The van der Waals surface area contributed by atoms with Crippen LogP contribution in [0.15, 0.2) is 24.3 Å². The average Bonchev–Trinajstić information content (AvgIpc) is 2.53. The Kier molecular flexibility index (Phi) is 5.83. The minimum absolute atomic E-state index is 0.0837. The highest BCUT2D eigenvalue weighted by atomic mass is 32.2. The van der Waals surface area contributed by atoms with E-state index in [1.807, 2.05) is 18.2 Å². The van der Waals surface area contributed by atoms with E-state index in [4.69, 9.17) is 0 Å². The fourth-order valence-corrected chi connectivity index (χ4v) is 4.43. The maximum Gasteiger partial charge on any atom is 0.304 e. The molecule has 0 unspecified atom stereocenters. The summed E-state index contributed by atoms with van der Waals surface area (Å²) in [5, 5.41) is 9.31. The summed E-state index contributed by atoms with van der Waals surface area (Å²) < 4.78 is 28.7. The molecule has 1 aliphatic rings. The zero-order chi connectivity index (χ0) is 16.2. The molecular formula is C16H26N2O3S. The molecule has 1 fully saturated rings. The first kappa shape index (κ1) is 17.2. The van der Waals surface area contributed by atoms with Crippen molar-refractivity contribution in [2.75, 3.05) is 30.5 Å². The van der Waals surface area contributed by atoms with Crippen molar-refractivity contribution in [2.45, 2.75) is 39.0 Å². The van der Waals surface area contributed by atoms with Gasteiger partial charge in [0.1, 0.15) is 0 Å². The van der Waals surface area contributed by atoms with Crippen LogP contribution in [-0.2, 0) is 10.2 Å². The van der Waals surface area contributed by atoms with Crippen molar-refractivity contribution >= 4 is 15.9 Å².